The molecule has 0 saturated carbocycles. The van der Waals surface area contributed by atoms with Gasteiger partial charge in [-0.3, -0.25) is 0 Å². The summed E-state index contributed by atoms with van der Waals surface area (Å²) in [6.07, 6.45) is 0. The number of hydrogen-bond acceptors (Lipinski definition) is 2. The van der Waals surface area contributed by atoms with Gasteiger partial charge in [0, 0.05) is 10.9 Å². The maximum Gasteiger partial charge on any atom is 0.0969 e. The van der Waals surface area contributed by atoms with Gasteiger partial charge in [0.1, 0.15) is 0 Å². The highest BCUT2D eigenvalue weighted by atomic mass is 14.8. The molecule has 2 heteroatoms. The zero-order valence-electron chi connectivity index (χ0n) is 16.6. The molecule has 0 radical (unpaired) electrons. The molecular formula is C27H22N2. The largest absolute Gasteiger partial charge is 0.248 e. The molecule has 1 aromatic heterocycles. The lowest BCUT2D eigenvalue weighted by molar-refractivity contribution is 0.826. The maximum atomic E-state index is 5.12. The van der Waals surface area contributed by atoms with Crippen LogP contribution < -0.4 is 0 Å². The average molecular weight is 374 g/mol. The van der Waals surface area contributed by atoms with Crippen LogP contribution in [-0.2, 0) is 0 Å². The van der Waals surface area contributed by atoms with Crippen LogP contribution in [-0.4, -0.2) is 9.97 Å². The number of aromatic nitrogens is 2. The molecule has 5 aromatic rings. The van der Waals surface area contributed by atoms with E-state index in [1.165, 1.54) is 16.5 Å². The van der Waals surface area contributed by atoms with Crippen LogP contribution in [0, 0.1) is 0 Å². The van der Waals surface area contributed by atoms with Crippen molar-refractivity contribution in [1.29, 1.82) is 0 Å². The number of fused-ring (bicyclic) bond motifs is 3. The van der Waals surface area contributed by atoms with Crippen molar-refractivity contribution in [3.8, 4) is 22.4 Å². The molecule has 140 valence electrons. The Bertz CT molecular complexity index is 1310. The van der Waals surface area contributed by atoms with Crippen LogP contribution in [0.3, 0.4) is 0 Å². The molecule has 0 atom stereocenters. The molecule has 5 rings (SSSR count). The van der Waals surface area contributed by atoms with Crippen LogP contribution in [0.4, 0.5) is 0 Å². The van der Waals surface area contributed by atoms with E-state index in [0.717, 1.165) is 33.4 Å². The first kappa shape index (κ1) is 17.6. The molecule has 0 amide bonds. The molecule has 2 nitrogen and oxygen atoms in total. The van der Waals surface area contributed by atoms with Crippen LogP contribution in [0.2, 0.25) is 0 Å². The van der Waals surface area contributed by atoms with Crippen molar-refractivity contribution >= 4 is 21.8 Å². The number of hydrogen-bond donors (Lipinski definition) is 0. The topological polar surface area (TPSA) is 25.8 Å². The lowest BCUT2D eigenvalue weighted by Gasteiger charge is -2.14. The molecule has 0 saturated heterocycles. The van der Waals surface area contributed by atoms with Crippen molar-refractivity contribution in [3.05, 3.63) is 96.7 Å². The molecule has 1 heterocycles. The van der Waals surface area contributed by atoms with Gasteiger partial charge >= 0.3 is 0 Å². The van der Waals surface area contributed by atoms with Gasteiger partial charge < -0.3 is 0 Å². The van der Waals surface area contributed by atoms with Gasteiger partial charge in [0.2, 0.25) is 0 Å². The van der Waals surface area contributed by atoms with Gasteiger partial charge in [-0.25, -0.2) is 9.97 Å². The smallest absolute Gasteiger partial charge is 0.0969 e. The Balaban J connectivity index is 1.74. The van der Waals surface area contributed by atoms with Crippen molar-refractivity contribution in [2.24, 2.45) is 0 Å². The summed E-state index contributed by atoms with van der Waals surface area (Å²) in [5, 5.41) is 2.34. The van der Waals surface area contributed by atoms with Crippen molar-refractivity contribution in [1.82, 2.24) is 9.97 Å². The highest BCUT2D eigenvalue weighted by Gasteiger charge is 2.15. The third kappa shape index (κ3) is 3.17. The second kappa shape index (κ2) is 7.14. The quantitative estimate of drug-likeness (QED) is 0.311. The number of rotatable bonds is 3. The molecule has 0 spiro atoms. The molecular weight excluding hydrogens is 352 g/mol. The Kier molecular flexibility index (Phi) is 4.33. The maximum absolute atomic E-state index is 5.12. The third-order valence-electron chi connectivity index (χ3n) is 5.38. The van der Waals surface area contributed by atoms with Gasteiger partial charge in [0.15, 0.2) is 0 Å². The minimum atomic E-state index is 0.293. The first-order valence-corrected chi connectivity index (χ1v) is 10.1. The second-order valence-corrected chi connectivity index (χ2v) is 7.71. The van der Waals surface area contributed by atoms with Crippen LogP contribution in [0.25, 0.3) is 44.2 Å². The Morgan fingerprint density at radius 3 is 2.00 bits per heavy atom. The second-order valence-electron chi connectivity index (χ2n) is 7.71. The Morgan fingerprint density at radius 2 is 1.31 bits per heavy atom. The van der Waals surface area contributed by atoms with Gasteiger partial charge in [0.25, 0.3) is 0 Å². The van der Waals surface area contributed by atoms with E-state index in [2.05, 4.69) is 92.7 Å². The van der Waals surface area contributed by atoms with Crippen LogP contribution in [0.15, 0.2) is 91.0 Å². The first-order chi connectivity index (χ1) is 14.2. The Hall–Kier alpha value is -3.52. The fraction of sp³-hybridized carbons (Fsp3) is 0.111. The van der Waals surface area contributed by atoms with Crippen molar-refractivity contribution in [3.63, 3.8) is 0 Å². The van der Waals surface area contributed by atoms with Gasteiger partial charge in [-0.05, 0) is 34.6 Å². The summed E-state index contributed by atoms with van der Waals surface area (Å²) in [6.45, 7) is 4.36. The van der Waals surface area contributed by atoms with Gasteiger partial charge in [-0.1, -0.05) is 92.7 Å². The summed E-state index contributed by atoms with van der Waals surface area (Å²) in [6, 6.07) is 31.7. The predicted molar refractivity (Wildman–Crippen MR) is 122 cm³/mol. The minimum Gasteiger partial charge on any atom is -0.248 e. The molecule has 0 aliphatic heterocycles. The minimum absolute atomic E-state index is 0.293. The zero-order chi connectivity index (χ0) is 19.8. The lowest BCUT2D eigenvalue weighted by atomic mass is 9.99. The highest BCUT2D eigenvalue weighted by molar-refractivity contribution is 6.05. The number of nitrogens with zero attached hydrogens (tertiary/aromatic N) is 2. The standard InChI is InChI=1S/C27H22N2/c1-18(2)25-26(20-11-7-4-8-12-20)28-24-16-14-22-17-21(19-9-5-3-6-10-19)13-15-23(22)27(24)29-25/h3-18H,1-2H3. The summed E-state index contributed by atoms with van der Waals surface area (Å²) < 4.78 is 0. The summed E-state index contributed by atoms with van der Waals surface area (Å²) in [7, 11) is 0. The molecule has 0 fully saturated rings. The summed E-state index contributed by atoms with van der Waals surface area (Å²) >= 11 is 0. The van der Waals surface area contributed by atoms with E-state index >= 15 is 0 Å². The Labute approximate surface area is 170 Å². The summed E-state index contributed by atoms with van der Waals surface area (Å²) in [4.78, 5) is 10.2. The third-order valence-corrected chi connectivity index (χ3v) is 5.38. The van der Waals surface area contributed by atoms with Crippen LogP contribution in [0.1, 0.15) is 25.5 Å². The van der Waals surface area contributed by atoms with E-state index < -0.39 is 0 Å². The number of benzene rings is 4. The van der Waals surface area contributed by atoms with E-state index in [9.17, 15) is 0 Å². The molecule has 0 bridgehead atoms. The van der Waals surface area contributed by atoms with Crippen molar-refractivity contribution < 1.29 is 0 Å². The molecule has 0 unspecified atom stereocenters. The molecule has 4 aromatic carbocycles. The van der Waals surface area contributed by atoms with Crippen LogP contribution in [0.5, 0.6) is 0 Å². The zero-order valence-corrected chi connectivity index (χ0v) is 16.6. The highest BCUT2D eigenvalue weighted by Crippen LogP contribution is 2.32. The van der Waals surface area contributed by atoms with Crippen molar-refractivity contribution in [2.45, 2.75) is 19.8 Å². The van der Waals surface area contributed by atoms with Gasteiger partial charge in [-0.2, -0.15) is 0 Å². The van der Waals surface area contributed by atoms with Crippen molar-refractivity contribution in [2.75, 3.05) is 0 Å². The van der Waals surface area contributed by atoms with Gasteiger partial charge in [-0.15, -0.1) is 0 Å². The van der Waals surface area contributed by atoms with Gasteiger partial charge in [0.05, 0.1) is 22.4 Å². The average Bonchev–Trinajstić information content (AvgIpc) is 2.78. The monoisotopic (exact) mass is 374 g/mol. The summed E-state index contributed by atoms with van der Waals surface area (Å²) in [5.74, 6) is 0.293. The predicted octanol–water partition coefficient (Wildman–Crippen LogP) is 7.24. The van der Waals surface area contributed by atoms with E-state index in [1.807, 2.05) is 12.1 Å². The van der Waals surface area contributed by atoms with E-state index in [-0.39, 0.29) is 0 Å². The first-order valence-electron chi connectivity index (χ1n) is 10.1. The van der Waals surface area contributed by atoms with E-state index in [0.29, 0.717) is 5.92 Å². The fourth-order valence-corrected chi connectivity index (χ4v) is 3.88. The SMILES string of the molecule is CC(C)c1nc2c(ccc3cc(-c4ccccc4)ccc32)nc1-c1ccccc1. The fourth-order valence-electron chi connectivity index (χ4n) is 3.88. The normalized spacial score (nSPS) is 11.4. The van der Waals surface area contributed by atoms with Crippen LogP contribution >= 0.6 is 0 Å². The molecule has 0 aliphatic rings. The lowest BCUT2D eigenvalue weighted by Crippen LogP contribution is -2.01. The molecule has 0 aliphatic carbocycles. The Morgan fingerprint density at radius 1 is 0.621 bits per heavy atom. The molecule has 0 N–H and O–H groups in total. The summed E-state index contributed by atoms with van der Waals surface area (Å²) in [5.41, 5.74) is 7.50. The van der Waals surface area contributed by atoms with E-state index in [1.54, 1.807) is 0 Å². The molecule has 29 heavy (non-hydrogen) atoms. The van der Waals surface area contributed by atoms with E-state index in [4.69, 9.17) is 9.97 Å².